The van der Waals surface area contributed by atoms with Crippen molar-refractivity contribution in [2.45, 2.75) is 18.4 Å². The van der Waals surface area contributed by atoms with Gasteiger partial charge in [0, 0.05) is 11.8 Å². The van der Waals surface area contributed by atoms with Crippen molar-refractivity contribution < 1.29 is 13.9 Å². The van der Waals surface area contributed by atoms with E-state index in [2.05, 4.69) is 28.4 Å². The summed E-state index contributed by atoms with van der Waals surface area (Å²) >= 11 is 1.44. The Labute approximate surface area is 131 Å². The van der Waals surface area contributed by atoms with Crippen LogP contribution in [0.15, 0.2) is 51.8 Å². The Morgan fingerprint density at radius 1 is 1.18 bits per heavy atom. The summed E-state index contributed by atoms with van der Waals surface area (Å²) in [6.45, 7) is 1.70. The van der Waals surface area contributed by atoms with E-state index >= 15 is 0 Å². The molecule has 0 saturated carbocycles. The fourth-order valence-electron chi connectivity index (χ4n) is 1.98. The van der Waals surface area contributed by atoms with E-state index in [1.54, 1.807) is 6.92 Å². The molecule has 6 heteroatoms. The summed E-state index contributed by atoms with van der Waals surface area (Å²) in [6, 6.07) is 14.2. The lowest BCUT2D eigenvalue weighted by Crippen LogP contribution is -2.07. The van der Waals surface area contributed by atoms with Crippen LogP contribution in [0.2, 0.25) is 0 Å². The standard InChI is InChI=1S/C16H14N2O3S/c1-11-17-18-15(21-11)9-20-16(19)10-22-14-7-6-12-4-2-3-5-13(12)8-14/h2-8H,9-10H2,1H3. The fourth-order valence-corrected chi connectivity index (χ4v) is 2.72. The van der Waals surface area contributed by atoms with Crippen LogP contribution in [0.1, 0.15) is 11.8 Å². The van der Waals surface area contributed by atoms with Crippen LogP contribution in [-0.4, -0.2) is 21.9 Å². The van der Waals surface area contributed by atoms with Crippen molar-refractivity contribution in [2.24, 2.45) is 0 Å². The van der Waals surface area contributed by atoms with Gasteiger partial charge in [0.2, 0.25) is 5.89 Å². The van der Waals surface area contributed by atoms with E-state index in [-0.39, 0.29) is 18.3 Å². The third-order valence-electron chi connectivity index (χ3n) is 3.00. The first kappa shape index (κ1) is 14.6. The zero-order valence-electron chi connectivity index (χ0n) is 12.0. The molecular weight excluding hydrogens is 300 g/mol. The highest BCUT2D eigenvalue weighted by Gasteiger charge is 2.08. The molecule has 2 aromatic carbocycles. The fraction of sp³-hybridized carbons (Fsp3) is 0.188. The summed E-state index contributed by atoms with van der Waals surface area (Å²) in [6.07, 6.45) is 0. The van der Waals surface area contributed by atoms with Crippen LogP contribution >= 0.6 is 11.8 Å². The molecule has 0 bridgehead atoms. The summed E-state index contributed by atoms with van der Waals surface area (Å²) in [5, 5.41) is 9.78. The number of nitrogens with zero attached hydrogens (tertiary/aromatic N) is 2. The normalized spacial score (nSPS) is 10.8. The molecule has 0 amide bonds. The molecule has 0 aliphatic rings. The van der Waals surface area contributed by atoms with Gasteiger partial charge in [-0.05, 0) is 22.9 Å². The number of fused-ring (bicyclic) bond motifs is 1. The number of carbonyl (C=O) groups is 1. The third-order valence-corrected chi connectivity index (χ3v) is 3.97. The minimum absolute atomic E-state index is 0.0119. The van der Waals surface area contributed by atoms with E-state index in [0.717, 1.165) is 10.3 Å². The second-order valence-electron chi connectivity index (χ2n) is 4.67. The molecule has 0 fully saturated rings. The minimum atomic E-state index is -0.311. The summed E-state index contributed by atoms with van der Waals surface area (Å²) < 4.78 is 10.2. The van der Waals surface area contributed by atoms with Crippen molar-refractivity contribution in [3.8, 4) is 0 Å². The maximum Gasteiger partial charge on any atom is 0.316 e. The van der Waals surface area contributed by atoms with Crippen LogP contribution < -0.4 is 0 Å². The molecule has 3 aromatic rings. The summed E-state index contributed by atoms with van der Waals surface area (Å²) in [5.41, 5.74) is 0. The predicted octanol–water partition coefficient (Wildman–Crippen LogP) is 3.37. The Balaban J connectivity index is 1.53. The van der Waals surface area contributed by atoms with Crippen LogP contribution in [0, 0.1) is 6.92 Å². The number of thioether (sulfide) groups is 1. The lowest BCUT2D eigenvalue weighted by molar-refractivity contribution is -0.142. The van der Waals surface area contributed by atoms with E-state index in [1.165, 1.54) is 17.1 Å². The SMILES string of the molecule is Cc1nnc(COC(=O)CSc2ccc3ccccc3c2)o1. The van der Waals surface area contributed by atoms with Gasteiger partial charge in [0.25, 0.3) is 5.89 Å². The van der Waals surface area contributed by atoms with Crippen LogP contribution in [0.3, 0.4) is 0 Å². The molecule has 0 spiro atoms. The summed E-state index contributed by atoms with van der Waals surface area (Å²) in [5.74, 6) is 0.693. The smallest absolute Gasteiger partial charge is 0.316 e. The highest BCUT2D eigenvalue weighted by Crippen LogP contribution is 2.23. The Bertz CT molecular complexity index is 801. The number of hydrogen-bond donors (Lipinski definition) is 0. The summed E-state index contributed by atoms with van der Waals surface area (Å²) in [7, 11) is 0. The molecule has 1 aromatic heterocycles. The Kier molecular flexibility index (Phi) is 4.39. The number of benzene rings is 2. The van der Waals surface area contributed by atoms with Crippen LogP contribution in [0.4, 0.5) is 0 Å². The van der Waals surface area contributed by atoms with Gasteiger partial charge in [-0.25, -0.2) is 0 Å². The maximum atomic E-state index is 11.7. The number of esters is 1. The molecule has 0 atom stereocenters. The molecule has 0 radical (unpaired) electrons. The van der Waals surface area contributed by atoms with E-state index < -0.39 is 0 Å². The van der Waals surface area contributed by atoms with Gasteiger partial charge in [-0.3, -0.25) is 4.79 Å². The minimum Gasteiger partial charge on any atom is -0.455 e. The molecule has 0 aliphatic heterocycles. The zero-order chi connectivity index (χ0) is 15.4. The number of aryl methyl sites for hydroxylation is 1. The highest BCUT2D eigenvalue weighted by atomic mass is 32.2. The molecule has 5 nitrogen and oxygen atoms in total. The monoisotopic (exact) mass is 314 g/mol. The van der Waals surface area contributed by atoms with Crippen molar-refractivity contribution in [3.05, 3.63) is 54.2 Å². The number of rotatable bonds is 5. The van der Waals surface area contributed by atoms with Crippen molar-refractivity contribution >= 4 is 28.5 Å². The van der Waals surface area contributed by atoms with E-state index in [4.69, 9.17) is 9.15 Å². The van der Waals surface area contributed by atoms with Gasteiger partial charge in [-0.2, -0.15) is 0 Å². The van der Waals surface area contributed by atoms with Gasteiger partial charge >= 0.3 is 5.97 Å². The average Bonchev–Trinajstić information content (AvgIpc) is 2.96. The Hall–Kier alpha value is -2.34. The van der Waals surface area contributed by atoms with Gasteiger partial charge in [0.05, 0.1) is 5.75 Å². The van der Waals surface area contributed by atoms with Gasteiger partial charge in [-0.1, -0.05) is 30.3 Å². The Morgan fingerprint density at radius 3 is 2.77 bits per heavy atom. The molecule has 112 valence electrons. The molecule has 3 rings (SSSR count). The van der Waals surface area contributed by atoms with Gasteiger partial charge in [0.1, 0.15) is 0 Å². The lowest BCUT2D eigenvalue weighted by Gasteiger charge is -2.04. The molecule has 0 saturated heterocycles. The molecule has 0 N–H and O–H groups in total. The van der Waals surface area contributed by atoms with Crippen molar-refractivity contribution in [2.75, 3.05) is 5.75 Å². The topological polar surface area (TPSA) is 65.2 Å². The Morgan fingerprint density at radius 2 is 2.00 bits per heavy atom. The number of ether oxygens (including phenoxy) is 1. The molecule has 22 heavy (non-hydrogen) atoms. The van der Waals surface area contributed by atoms with Crippen molar-refractivity contribution in [1.29, 1.82) is 0 Å². The first-order valence-corrected chi connectivity index (χ1v) is 7.75. The first-order valence-electron chi connectivity index (χ1n) is 6.77. The second-order valence-corrected chi connectivity index (χ2v) is 5.72. The first-order chi connectivity index (χ1) is 10.7. The quantitative estimate of drug-likeness (QED) is 0.531. The maximum absolute atomic E-state index is 11.7. The zero-order valence-corrected chi connectivity index (χ0v) is 12.8. The number of carbonyl (C=O) groups excluding carboxylic acids is 1. The van der Waals surface area contributed by atoms with Crippen molar-refractivity contribution in [3.63, 3.8) is 0 Å². The number of hydrogen-bond acceptors (Lipinski definition) is 6. The largest absolute Gasteiger partial charge is 0.455 e. The molecular formula is C16H14N2O3S. The second kappa shape index (κ2) is 6.62. The van der Waals surface area contributed by atoms with E-state index in [9.17, 15) is 4.79 Å². The van der Waals surface area contributed by atoms with E-state index in [1.807, 2.05) is 24.3 Å². The van der Waals surface area contributed by atoms with Gasteiger partial charge in [0.15, 0.2) is 6.61 Å². The van der Waals surface area contributed by atoms with Crippen molar-refractivity contribution in [1.82, 2.24) is 10.2 Å². The molecule has 1 heterocycles. The number of aromatic nitrogens is 2. The third kappa shape index (κ3) is 3.65. The molecule has 0 unspecified atom stereocenters. The van der Waals surface area contributed by atoms with Gasteiger partial charge < -0.3 is 9.15 Å². The van der Waals surface area contributed by atoms with Gasteiger partial charge in [-0.15, -0.1) is 22.0 Å². The van der Waals surface area contributed by atoms with Crippen LogP contribution in [0.25, 0.3) is 10.8 Å². The highest BCUT2D eigenvalue weighted by molar-refractivity contribution is 8.00. The van der Waals surface area contributed by atoms with Crippen LogP contribution in [-0.2, 0) is 16.1 Å². The summed E-state index contributed by atoms with van der Waals surface area (Å²) in [4.78, 5) is 12.8. The predicted molar refractivity (Wildman–Crippen MR) is 83.5 cm³/mol. The van der Waals surface area contributed by atoms with E-state index in [0.29, 0.717) is 11.8 Å². The van der Waals surface area contributed by atoms with Crippen LogP contribution in [0.5, 0.6) is 0 Å². The molecule has 0 aliphatic carbocycles. The lowest BCUT2D eigenvalue weighted by atomic mass is 10.1. The average molecular weight is 314 g/mol.